The minimum absolute atomic E-state index is 0.248. The van der Waals surface area contributed by atoms with E-state index >= 15 is 0 Å². The summed E-state index contributed by atoms with van der Waals surface area (Å²) in [5, 5.41) is 0.899. The topological polar surface area (TPSA) is 76.0 Å². The lowest BCUT2D eigenvalue weighted by Crippen LogP contribution is -2.23. The minimum Gasteiger partial charge on any atom is -0.363 e. The zero-order valence-corrected chi connectivity index (χ0v) is 11.8. The Balaban J connectivity index is 2.16. The summed E-state index contributed by atoms with van der Waals surface area (Å²) in [6, 6.07) is 17.2. The standard InChI is InChI=1S/C16H12N2O2S/c17-16(20)14(19)13-15(21-10-6-2-1-3-7-10)11-8-4-5-9-12(11)18-13/h1-9,18H,(H2,17,20). The number of carbonyl (C=O) groups is 2. The molecule has 0 aliphatic carbocycles. The van der Waals surface area contributed by atoms with E-state index in [1.54, 1.807) is 0 Å². The molecule has 0 radical (unpaired) electrons. The van der Waals surface area contributed by atoms with Crippen molar-refractivity contribution in [2.45, 2.75) is 9.79 Å². The molecule has 0 saturated heterocycles. The summed E-state index contributed by atoms with van der Waals surface area (Å²) in [7, 11) is 0. The second-order valence-corrected chi connectivity index (χ2v) is 5.57. The van der Waals surface area contributed by atoms with Crippen LogP contribution in [0.1, 0.15) is 10.5 Å². The van der Waals surface area contributed by atoms with Crippen molar-refractivity contribution in [1.29, 1.82) is 0 Å². The van der Waals surface area contributed by atoms with E-state index in [9.17, 15) is 9.59 Å². The number of para-hydroxylation sites is 1. The van der Waals surface area contributed by atoms with Crippen molar-refractivity contribution >= 4 is 34.4 Å². The highest BCUT2D eigenvalue weighted by atomic mass is 32.2. The molecule has 1 aromatic heterocycles. The highest BCUT2D eigenvalue weighted by molar-refractivity contribution is 7.99. The highest BCUT2D eigenvalue weighted by Gasteiger charge is 2.22. The number of carbonyl (C=O) groups excluding carboxylic acids is 2. The molecule has 1 amide bonds. The third kappa shape index (κ3) is 2.55. The smallest absolute Gasteiger partial charge is 0.291 e. The molecule has 3 rings (SSSR count). The minimum atomic E-state index is -0.962. The Bertz CT molecular complexity index is 825. The van der Waals surface area contributed by atoms with E-state index in [1.807, 2.05) is 54.6 Å². The fourth-order valence-corrected chi connectivity index (χ4v) is 3.17. The largest absolute Gasteiger partial charge is 0.363 e. The van der Waals surface area contributed by atoms with Crippen LogP contribution in [0.15, 0.2) is 64.4 Å². The molecule has 0 aliphatic heterocycles. The first kappa shape index (κ1) is 13.5. The molecule has 1 heterocycles. The van der Waals surface area contributed by atoms with Gasteiger partial charge in [-0.15, -0.1) is 0 Å². The Morgan fingerprint density at radius 2 is 1.62 bits per heavy atom. The number of benzene rings is 2. The molecule has 4 nitrogen and oxygen atoms in total. The summed E-state index contributed by atoms with van der Waals surface area (Å²) >= 11 is 1.44. The number of aromatic amines is 1. The van der Waals surface area contributed by atoms with Crippen molar-refractivity contribution in [3.05, 3.63) is 60.3 Å². The summed E-state index contributed by atoms with van der Waals surface area (Å²) < 4.78 is 0. The summed E-state index contributed by atoms with van der Waals surface area (Å²) in [5.41, 5.74) is 6.19. The molecule has 0 aliphatic rings. The molecule has 2 aromatic carbocycles. The molecule has 0 saturated carbocycles. The molecule has 0 atom stereocenters. The number of nitrogens with two attached hydrogens (primary N) is 1. The van der Waals surface area contributed by atoms with Crippen molar-refractivity contribution in [3.63, 3.8) is 0 Å². The predicted octanol–water partition coefficient (Wildman–Crippen LogP) is 2.99. The van der Waals surface area contributed by atoms with Gasteiger partial charge >= 0.3 is 0 Å². The van der Waals surface area contributed by atoms with E-state index in [0.717, 1.165) is 20.7 Å². The lowest BCUT2D eigenvalue weighted by molar-refractivity contribution is -0.114. The summed E-state index contributed by atoms with van der Waals surface area (Å²) in [4.78, 5) is 27.9. The Labute approximate surface area is 125 Å². The van der Waals surface area contributed by atoms with Crippen LogP contribution in [-0.2, 0) is 4.79 Å². The van der Waals surface area contributed by atoms with Crippen LogP contribution in [0.25, 0.3) is 10.9 Å². The van der Waals surface area contributed by atoms with Crippen molar-refractivity contribution in [2.24, 2.45) is 5.73 Å². The van der Waals surface area contributed by atoms with Crippen LogP contribution in [0, 0.1) is 0 Å². The monoisotopic (exact) mass is 296 g/mol. The van der Waals surface area contributed by atoms with Gasteiger partial charge in [0, 0.05) is 20.7 Å². The number of hydrogen-bond acceptors (Lipinski definition) is 3. The van der Waals surface area contributed by atoms with E-state index in [0.29, 0.717) is 0 Å². The maximum absolute atomic E-state index is 12.0. The molecule has 0 fully saturated rings. The first-order valence-electron chi connectivity index (χ1n) is 6.34. The summed E-state index contributed by atoms with van der Waals surface area (Å²) in [5.74, 6) is -1.67. The van der Waals surface area contributed by atoms with E-state index in [2.05, 4.69) is 4.98 Å². The van der Waals surface area contributed by atoms with Gasteiger partial charge < -0.3 is 10.7 Å². The molecule has 21 heavy (non-hydrogen) atoms. The first-order chi connectivity index (χ1) is 10.2. The fourth-order valence-electron chi connectivity index (χ4n) is 2.11. The molecule has 3 aromatic rings. The zero-order chi connectivity index (χ0) is 14.8. The van der Waals surface area contributed by atoms with Gasteiger partial charge in [-0.1, -0.05) is 48.2 Å². The maximum Gasteiger partial charge on any atom is 0.291 e. The number of fused-ring (bicyclic) bond motifs is 1. The Morgan fingerprint density at radius 3 is 2.33 bits per heavy atom. The number of H-pyrrole nitrogens is 1. The molecule has 0 bridgehead atoms. The molecule has 5 heteroatoms. The van der Waals surface area contributed by atoms with Gasteiger partial charge in [0.15, 0.2) is 0 Å². The van der Waals surface area contributed by atoms with Crippen LogP contribution in [-0.4, -0.2) is 16.7 Å². The number of primary amides is 1. The molecule has 104 valence electrons. The van der Waals surface area contributed by atoms with Gasteiger partial charge in [0.25, 0.3) is 11.7 Å². The average Bonchev–Trinajstić information content (AvgIpc) is 2.86. The van der Waals surface area contributed by atoms with E-state index in [4.69, 9.17) is 5.73 Å². The summed E-state index contributed by atoms with van der Waals surface area (Å²) in [6.07, 6.45) is 0. The van der Waals surface area contributed by atoms with Gasteiger partial charge in [0.05, 0.1) is 0 Å². The Hall–Kier alpha value is -2.53. The third-order valence-electron chi connectivity index (χ3n) is 3.07. The van der Waals surface area contributed by atoms with Crippen LogP contribution in [0.5, 0.6) is 0 Å². The second kappa shape index (κ2) is 5.46. The molecular formula is C16H12N2O2S. The van der Waals surface area contributed by atoms with Crippen LogP contribution in [0.3, 0.4) is 0 Å². The Kier molecular flexibility index (Phi) is 3.50. The second-order valence-electron chi connectivity index (χ2n) is 4.48. The zero-order valence-electron chi connectivity index (χ0n) is 11.0. The van der Waals surface area contributed by atoms with Gasteiger partial charge in [-0.25, -0.2) is 0 Å². The molecule has 3 N–H and O–H groups in total. The SMILES string of the molecule is NC(=O)C(=O)c1[nH]c2ccccc2c1Sc1ccccc1. The number of nitrogens with one attached hydrogen (secondary N) is 1. The van der Waals surface area contributed by atoms with Crippen molar-refractivity contribution < 1.29 is 9.59 Å². The van der Waals surface area contributed by atoms with Crippen LogP contribution in [0.4, 0.5) is 0 Å². The van der Waals surface area contributed by atoms with E-state index in [1.165, 1.54) is 11.8 Å². The number of Topliss-reactive ketones (excluding diaryl/α,β-unsaturated/α-hetero) is 1. The predicted molar refractivity (Wildman–Crippen MR) is 82.4 cm³/mol. The van der Waals surface area contributed by atoms with Gasteiger partial charge in [-0.2, -0.15) is 0 Å². The number of ketones is 1. The van der Waals surface area contributed by atoms with Crippen LogP contribution >= 0.6 is 11.8 Å². The van der Waals surface area contributed by atoms with Crippen LogP contribution in [0.2, 0.25) is 0 Å². The van der Waals surface area contributed by atoms with Gasteiger partial charge in [-0.05, 0) is 18.2 Å². The first-order valence-corrected chi connectivity index (χ1v) is 7.16. The lowest BCUT2D eigenvalue weighted by atomic mass is 10.2. The van der Waals surface area contributed by atoms with Crippen molar-refractivity contribution in [2.75, 3.05) is 0 Å². The van der Waals surface area contributed by atoms with Gasteiger partial charge in [0.1, 0.15) is 5.69 Å². The number of amides is 1. The fraction of sp³-hybridized carbons (Fsp3) is 0. The van der Waals surface area contributed by atoms with Crippen LogP contribution < -0.4 is 5.73 Å². The number of aromatic nitrogens is 1. The molecular weight excluding hydrogens is 284 g/mol. The van der Waals surface area contributed by atoms with Crippen molar-refractivity contribution in [3.8, 4) is 0 Å². The normalized spacial score (nSPS) is 10.7. The van der Waals surface area contributed by atoms with Crippen molar-refractivity contribution in [1.82, 2.24) is 4.98 Å². The molecule has 0 spiro atoms. The van der Waals surface area contributed by atoms with Gasteiger partial charge in [0.2, 0.25) is 0 Å². The summed E-state index contributed by atoms with van der Waals surface area (Å²) in [6.45, 7) is 0. The van der Waals surface area contributed by atoms with E-state index < -0.39 is 11.7 Å². The number of hydrogen-bond donors (Lipinski definition) is 2. The number of rotatable bonds is 4. The Morgan fingerprint density at radius 1 is 0.952 bits per heavy atom. The maximum atomic E-state index is 12.0. The lowest BCUT2D eigenvalue weighted by Gasteiger charge is -2.02. The highest BCUT2D eigenvalue weighted by Crippen LogP contribution is 2.36. The quantitative estimate of drug-likeness (QED) is 0.574. The van der Waals surface area contributed by atoms with Gasteiger partial charge in [-0.3, -0.25) is 9.59 Å². The molecule has 0 unspecified atom stereocenters. The average molecular weight is 296 g/mol. The van der Waals surface area contributed by atoms with E-state index in [-0.39, 0.29) is 5.69 Å². The third-order valence-corrected chi connectivity index (χ3v) is 4.21.